The van der Waals surface area contributed by atoms with Crippen molar-refractivity contribution in [2.24, 2.45) is 0 Å². The molecule has 0 aliphatic heterocycles. The van der Waals surface area contributed by atoms with E-state index in [0.29, 0.717) is 17.1 Å². The molecule has 23 heavy (non-hydrogen) atoms. The van der Waals surface area contributed by atoms with Crippen molar-refractivity contribution < 1.29 is 4.79 Å². The van der Waals surface area contributed by atoms with E-state index in [1.807, 2.05) is 48.5 Å². The molecule has 0 fully saturated rings. The summed E-state index contributed by atoms with van der Waals surface area (Å²) in [6.07, 6.45) is 1.60. The minimum absolute atomic E-state index is 0.235. The molecule has 5 heteroatoms. The van der Waals surface area contributed by atoms with Gasteiger partial charge in [-0.05, 0) is 52.3 Å². The topological polar surface area (TPSA) is 59.2 Å². The van der Waals surface area contributed by atoms with Gasteiger partial charge in [0.25, 0.3) is 5.91 Å². The molecule has 1 amide bonds. The Hall–Kier alpha value is -2.66. The molecule has 0 atom stereocenters. The number of rotatable bonds is 3. The second kappa shape index (κ2) is 6.62. The Morgan fingerprint density at radius 3 is 2.30 bits per heavy atom. The Morgan fingerprint density at radius 2 is 1.65 bits per heavy atom. The van der Waals surface area contributed by atoms with Crippen LogP contribution in [-0.2, 0) is 0 Å². The fourth-order valence-corrected chi connectivity index (χ4v) is 2.49. The number of halogens is 1. The lowest BCUT2D eigenvalue weighted by Crippen LogP contribution is -2.27. The van der Waals surface area contributed by atoms with Gasteiger partial charge in [0, 0.05) is 16.4 Å². The van der Waals surface area contributed by atoms with Crippen molar-refractivity contribution >= 4 is 38.9 Å². The molecule has 0 saturated carbocycles. The first kappa shape index (κ1) is 15.2. The highest BCUT2D eigenvalue weighted by Gasteiger charge is 2.22. The number of aromatic nitrogens is 1. The Balaban J connectivity index is 2.11. The van der Waals surface area contributed by atoms with Gasteiger partial charge in [0.1, 0.15) is 5.69 Å². The maximum Gasteiger partial charge on any atom is 0.281 e. The third kappa shape index (κ3) is 3.24. The number of carbonyl (C=O) groups is 1. The van der Waals surface area contributed by atoms with Gasteiger partial charge >= 0.3 is 0 Å². The van der Waals surface area contributed by atoms with Gasteiger partial charge in [0.2, 0.25) is 0 Å². The zero-order valence-electron chi connectivity index (χ0n) is 12.2. The summed E-state index contributed by atoms with van der Waals surface area (Å²) in [5, 5.41) is 0. The smallest absolute Gasteiger partial charge is 0.281 e. The molecule has 0 aliphatic carbocycles. The summed E-state index contributed by atoms with van der Waals surface area (Å²) in [4.78, 5) is 18.8. The molecule has 0 saturated heterocycles. The zero-order chi connectivity index (χ0) is 16.2. The molecule has 4 nitrogen and oxygen atoms in total. The first-order valence-electron chi connectivity index (χ1n) is 7.02. The Kier molecular flexibility index (Phi) is 4.39. The second-order valence-electron chi connectivity index (χ2n) is 4.90. The van der Waals surface area contributed by atoms with Gasteiger partial charge in [-0.15, -0.1) is 0 Å². The number of nitrogens with two attached hydrogens (primary N) is 1. The van der Waals surface area contributed by atoms with E-state index in [1.165, 1.54) is 0 Å². The van der Waals surface area contributed by atoms with E-state index in [1.54, 1.807) is 29.3 Å². The van der Waals surface area contributed by atoms with E-state index in [0.717, 1.165) is 10.2 Å². The largest absolute Gasteiger partial charge is 0.397 e. The molecule has 3 aromatic rings. The van der Waals surface area contributed by atoms with Crippen LogP contribution in [0.4, 0.5) is 17.1 Å². The Bertz CT molecular complexity index is 819. The van der Waals surface area contributed by atoms with Crippen molar-refractivity contribution in [2.75, 3.05) is 10.6 Å². The molecule has 0 radical (unpaired) electrons. The maximum atomic E-state index is 13.0. The van der Waals surface area contributed by atoms with Crippen LogP contribution in [0.15, 0.2) is 77.4 Å². The first-order chi connectivity index (χ1) is 11.2. The third-order valence-corrected chi connectivity index (χ3v) is 3.81. The van der Waals surface area contributed by atoms with Gasteiger partial charge < -0.3 is 5.73 Å². The summed E-state index contributed by atoms with van der Waals surface area (Å²) in [5.74, 6) is -0.235. The average molecular weight is 368 g/mol. The van der Waals surface area contributed by atoms with Crippen molar-refractivity contribution in [3.63, 3.8) is 0 Å². The summed E-state index contributed by atoms with van der Waals surface area (Å²) >= 11 is 3.33. The van der Waals surface area contributed by atoms with Crippen molar-refractivity contribution in [3.05, 3.63) is 83.1 Å². The maximum absolute atomic E-state index is 13.0. The highest BCUT2D eigenvalue weighted by Crippen LogP contribution is 2.31. The first-order valence-corrected chi connectivity index (χ1v) is 7.81. The molecule has 114 valence electrons. The molecular formula is C18H14BrN3O. The van der Waals surface area contributed by atoms with Crippen LogP contribution in [0.1, 0.15) is 10.5 Å². The summed E-state index contributed by atoms with van der Waals surface area (Å²) in [6, 6.07) is 20.1. The minimum Gasteiger partial charge on any atom is -0.397 e. The van der Waals surface area contributed by atoms with E-state index in [-0.39, 0.29) is 5.91 Å². The number of nitrogens with zero attached hydrogens (tertiary/aromatic N) is 2. The summed E-state index contributed by atoms with van der Waals surface area (Å²) in [7, 11) is 0. The normalized spacial score (nSPS) is 10.3. The SMILES string of the molecule is Nc1ccccc1N(C(=O)c1ccc(Br)cn1)c1ccccc1. The number of benzene rings is 2. The average Bonchev–Trinajstić information content (AvgIpc) is 2.58. The van der Waals surface area contributed by atoms with Crippen LogP contribution >= 0.6 is 15.9 Å². The van der Waals surface area contributed by atoms with E-state index in [2.05, 4.69) is 20.9 Å². The molecule has 1 heterocycles. The van der Waals surface area contributed by atoms with Crippen molar-refractivity contribution in [3.8, 4) is 0 Å². The third-order valence-electron chi connectivity index (χ3n) is 3.34. The van der Waals surface area contributed by atoms with E-state index in [4.69, 9.17) is 5.73 Å². The van der Waals surface area contributed by atoms with E-state index >= 15 is 0 Å². The predicted octanol–water partition coefficient (Wildman–Crippen LogP) is 4.40. The number of para-hydroxylation sites is 3. The predicted molar refractivity (Wildman–Crippen MR) is 95.7 cm³/mol. The van der Waals surface area contributed by atoms with Gasteiger partial charge in [-0.2, -0.15) is 0 Å². The molecule has 2 N–H and O–H groups in total. The fraction of sp³-hybridized carbons (Fsp3) is 0. The van der Waals surface area contributed by atoms with Gasteiger partial charge in [-0.1, -0.05) is 30.3 Å². The Morgan fingerprint density at radius 1 is 0.957 bits per heavy atom. The number of hydrogen-bond donors (Lipinski definition) is 1. The monoisotopic (exact) mass is 367 g/mol. The molecule has 0 bridgehead atoms. The van der Waals surface area contributed by atoms with Gasteiger partial charge in [-0.25, -0.2) is 4.98 Å². The van der Waals surface area contributed by atoms with Crippen LogP contribution in [0.5, 0.6) is 0 Å². The summed E-state index contributed by atoms with van der Waals surface area (Å²) in [5.41, 5.74) is 8.32. The number of hydrogen-bond acceptors (Lipinski definition) is 3. The van der Waals surface area contributed by atoms with Crippen LogP contribution < -0.4 is 10.6 Å². The zero-order valence-corrected chi connectivity index (χ0v) is 13.8. The second-order valence-corrected chi connectivity index (χ2v) is 5.81. The standard InChI is InChI=1S/C18H14BrN3O/c19-13-10-11-16(21-12-13)18(23)22(14-6-2-1-3-7-14)17-9-5-4-8-15(17)20/h1-12H,20H2. The highest BCUT2D eigenvalue weighted by atomic mass is 79.9. The van der Waals surface area contributed by atoms with Gasteiger partial charge in [-0.3, -0.25) is 9.69 Å². The summed E-state index contributed by atoms with van der Waals surface area (Å²) in [6.45, 7) is 0. The highest BCUT2D eigenvalue weighted by molar-refractivity contribution is 9.10. The van der Waals surface area contributed by atoms with Gasteiger partial charge in [0.15, 0.2) is 0 Å². The quantitative estimate of drug-likeness (QED) is 0.697. The number of carbonyl (C=O) groups excluding carboxylic acids is 1. The van der Waals surface area contributed by atoms with Crippen LogP contribution in [-0.4, -0.2) is 10.9 Å². The lowest BCUT2D eigenvalue weighted by Gasteiger charge is -2.24. The van der Waals surface area contributed by atoms with Crippen LogP contribution in [0.3, 0.4) is 0 Å². The lowest BCUT2D eigenvalue weighted by atomic mass is 10.2. The van der Waals surface area contributed by atoms with Crippen LogP contribution in [0.2, 0.25) is 0 Å². The molecule has 3 rings (SSSR count). The van der Waals surface area contributed by atoms with Crippen molar-refractivity contribution in [2.45, 2.75) is 0 Å². The fourth-order valence-electron chi connectivity index (χ4n) is 2.25. The van der Waals surface area contributed by atoms with Crippen molar-refractivity contribution in [1.29, 1.82) is 0 Å². The minimum atomic E-state index is -0.235. The van der Waals surface area contributed by atoms with E-state index in [9.17, 15) is 4.79 Å². The van der Waals surface area contributed by atoms with Crippen LogP contribution in [0.25, 0.3) is 0 Å². The summed E-state index contributed by atoms with van der Waals surface area (Å²) < 4.78 is 0.819. The molecule has 0 spiro atoms. The molecule has 2 aromatic carbocycles. The lowest BCUT2D eigenvalue weighted by molar-refractivity contribution is 0.0994. The molecule has 1 aromatic heterocycles. The number of amides is 1. The van der Waals surface area contributed by atoms with Gasteiger partial charge in [0.05, 0.1) is 11.4 Å². The number of nitrogen functional groups attached to an aromatic ring is 1. The molecule has 0 unspecified atom stereocenters. The number of pyridine rings is 1. The molecule has 0 aliphatic rings. The van der Waals surface area contributed by atoms with E-state index < -0.39 is 0 Å². The Labute approximate surface area is 142 Å². The molecular weight excluding hydrogens is 354 g/mol. The number of anilines is 3. The van der Waals surface area contributed by atoms with Crippen LogP contribution in [0, 0.1) is 0 Å². The van der Waals surface area contributed by atoms with Crippen molar-refractivity contribution in [1.82, 2.24) is 4.98 Å².